The van der Waals surface area contributed by atoms with Crippen molar-refractivity contribution in [2.75, 3.05) is 44.1 Å². The number of hydrogen-bond donors (Lipinski definition) is 1. The molecule has 0 radical (unpaired) electrons. The van der Waals surface area contributed by atoms with Gasteiger partial charge < -0.3 is 19.5 Å². The standard InChI is InChI=1S/C22H30IN5O3S/c1-21(2)15-16(26-28(18(15)23)13-7-5-6-9-31-13)14-17(21)24-20(32-4)25-19(14)27-8-10-30-12-22(3,29)11-27/h13,29H,5-12H2,1-4H3/t13?,22-/m0/s1. The van der Waals surface area contributed by atoms with Crippen LogP contribution < -0.4 is 4.90 Å². The Hall–Kier alpha value is -0.950. The first-order valence-electron chi connectivity index (χ1n) is 11.1. The molecule has 5 rings (SSSR count). The highest BCUT2D eigenvalue weighted by atomic mass is 127. The van der Waals surface area contributed by atoms with Crippen molar-refractivity contribution in [3.05, 3.63) is 15.0 Å². The molecule has 2 aliphatic heterocycles. The minimum atomic E-state index is -0.950. The van der Waals surface area contributed by atoms with Crippen LogP contribution in [0, 0.1) is 3.70 Å². The van der Waals surface area contributed by atoms with E-state index < -0.39 is 5.60 Å². The van der Waals surface area contributed by atoms with E-state index in [9.17, 15) is 5.11 Å². The molecule has 10 heteroatoms. The molecule has 3 aliphatic rings. The number of rotatable bonds is 3. The first-order valence-corrected chi connectivity index (χ1v) is 13.5. The summed E-state index contributed by atoms with van der Waals surface area (Å²) in [6.07, 6.45) is 5.21. The van der Waals surface area contributed by atoms with Crippen LogP contribution in [0.15, 0.2) is 5.16 Å². The molecule has 1 N–H and O–H groups in total. The molecule has 32 heavy (non-hydrogen) atoms. The monoisotopic (exact) mass is 571 g/mol. The van der Waals surface area contributed by atoms with E-state index in [0.717, 1.165) is 57.5 Å². The van der Waals surface area contributed by atoms with E-state index in [1.54, 1.807) is 11.8 Å². The Morgan fingerprint density at radius 1 is 1.19 bits per heavy atom. The van der Waals surface area contributed by atoms with Crippen molar-refractivity contribution in [3.8, 4) is 11.3 Å². The summed E-state index contributed by atoms with van der Waals surface area (Å²) < 4.78 is 14.9. The van der Waals surface area contributed by atoms with Crippen LogP contribution in [-0.2, 0) is 14.9 Å². The summed E-state index contributed by atoms with van der Waals surface area (Å²) in [5.74, 6) is 0.836. The summed E-state index contributed by atoms with van der Waals surface area (Å²) >= 11 is 3.96. The summed E-state index contributed by atoms with van der Waals surface area (Å²) in [5.41, 5.74) is 2.86. The van der Waals surface area contributed by atoms with E-state index in [1.807, 2.05) is 13.2 Å². The maximum Gasteiger partial charge on any atom is 0.189 e. The molecule has 1 unspecified atom stereocenters. The smallest absolute Gasteiger partial charge is 0.189 e. The molecule has 0 spiro atoms. The van der Waals surface area contributed by atoms with Gasteiger partial charge in [0.1, 0.15) is 20.8 Å². The molecule has 4 heterocycles. The number of thioether (sulfide) groups is 1. The van der Waals surface area contributed by atoms with Crippen LogP contribution in [-0.4, -0.2) is 69.6 Å². The van der Waals surface area contributed by atoms with E-state index >= 15 is 0 Å². The van der Waals surface area contributed by atoms with Gasteiger partial charge in [0, 0.05) is 24.1 Å². The second-order valence-electron chi connectivity index (χ2n) is 9.63. The van der Waals surface area contributed by atoms with E-state index in [0.29, 0.717) is 26.3 Å². The zero-order valence-corrected chi connectivity index (χ0v) is 22.0. The van der Waals surface area contributed by atoms with Crippen LogP contribution in [0.3, 0.4) is 0 Å². The molecule has 2 aromatic rings. The van der Waals surface area contributed by atoms with Gasteiger partial charge in [0.2, 0.25) is 0 Å². The van der Waals surface area contributed by atoms with Gasteiger partial charge in [-0.15, -0.1) is 0 Å². The minimum Gasteiger partial charge on any atom is -0.386 e. The quantitative estimate of drug-likeness (QED) is 0.340. The van der Waals surface area contributed by atoms with Crippen molar-refractivity contribution < 1.29 is 14.6 Å². The Labute approximate surface area is 206 Å². The van der Waals surface area contributed by atoms with Crippen molar-refractivity contribution in [3.63, 3.8) is 0 Å². The normalized spacial score (nSPS) is 27.2. The van der Waals surface area contributed by atoms with Crippen LogP contribution in [0.5, 0.6) is 0 Å². The fourth-order valence-electron chi connectivity index (χ4n) is 4.97. The molecule has 2 atom stereocenters. The predicted molar refractivity (Wildman–Crippen MR) is 132 cm³/mol. The summed E-state index contributed by atoms with van der Waals surface area (Å²) in [7, 11) is 0. The summed E-state index contributed by atoms with van der Waals surface area (Å²) in [6, 6.07) is 0. The second-order valence-corrected chi connectivity index (χ2v) is 11.4. The maximum absolute atomic E-state index is 10.8. The van der Waals surface area contributed by atoms with E-state index in [-0.39, 0.29) is 11.6 Å². The van der Waals surface area contributed by atoms with Crippen LogP contribution in [0.1, 0.15) is 57.5 Å². The lowest BCUT2D eigenvalue weighted by Gasteiger charge is -2.30. The minimum absolute atomic E-state index is 0.0253. The SMILES string of the molecule is CSc1nc(N2CCOC[C@@](C)(O)C2)c2c(n1)C(C)(C)c1c-2nn(C2CCCCO2)c1I. The molecule has 0 amide bonds. The second kappa shape index (κ2) is 8.37. The molecule has 0 saturated carbocycles. The molecule has 0 bridgehead atoms. The number of hydrogen-bond acceptors (Lipinski definition) is 8. The highest BCUT2D eigenvalue weighted by Gasteiger charge is 2.46. The van der Waals surface area contributed by atoms with Crippen molar-refractivity contribution in [2.45, 2.75) is 62.4 Å². The highest BCUT2D eigenvalue weighted by Crippen LogP contribution is 2.53. The van der Waals surface area contributed by atoms with Crippen molar-refractivity contribution in [2.24, 2.45) is 0 Å². The number of β-amino-alcohol motifs (C(OH)–C–C–N with tert-alkyl or cyclic N) is 1. The number of fused-ring (bicyclic) bond motifs is 3. The van der Waals surface area contributed by atoms with Gasteiger partial charge >= 0.3 is 0 Å². The Kier molecular flexibility index (Phi) is 5.97. The van der Waals surface area contributed by atoms with Crippen LogP contribution in [0.25, 0.3) is 11.3 Å². The molecule has 0 aromatic carbocycles. The van der Waals surface area contributed by atoms with Crippen LogP contribution >= 0.6 is 34.4 Å². The molecular weight excluding hydrogens is 541 g/mol. The van der Waals surface area contributed by atoms with Gasteiger partial charge in [-0.3, -0.25) is 0 Å². The van der Waals surface area contributed by atoms with Crippen molar-refractivity contribution in [1.82, 2.24) is 19.7 Å². The summed E-state index contributed by atoms with van der Waals surface area (Å²) in [4.78, 5) is 12.0. The lowest BCUT2D eigenvalue weighted by Crippen LogP contribution is -2.42. The number of halogens is 1. The Morgan fingerprint density at radius 2 is 2.00 bits per heavy atom. The number of anilines is 1. The van der Waals surface area contributed by atoms with Gasteiger partial charge in [0.15, 0.2) is 11.4 Å². The molecule has 2 aromatic heterocycles. The molecule has 8 nitrogen and oxygen atoms in total. The third-order valence-electron chi connectivity index (χ3n) is 6.54. The fraction of sp³-hybridized carbons (Fsp3) is 0.682. The first kappa shape index (κ1) is 22.8. The lowest BCUT2D eigenvalue weighted by molar-refractivity contribution is -0.0410. The average molecular weight is 571 g/mol. The summed E-state index contributed by atoms with van der Waals surface area (Å²) in [5, 5.41) is 16.7. The molecular formula is C22H30IN5O3S. The topological polar surface area (TPSA) is 85.5 Å². The third kappa shape index (κ3) is 3.75. The molecule has 2 saturated heterocycles. The zero-order chi connectivity index (χ0) is 22.7. The Balaban J connectivity index is 1.68. The third-order valence-corrected chi connectivity index (χ3v) is 8.12. The van der Waals surface area contributed by atoms with Gasteiger partial charge in [-0.25, -0.2) is 14.6 Å². The first-order chi connectivity index (χ1) is 15.2. The van der Waals surface area contributed by atoms with Crippen LogP contribution in [0.2, 0.25) is 0 Å². The number of aromatic nitrogens is 4. The zero-order valence-electron chi connectivity index (χ0n) is 19.0. The molecule has 174 valence electrons. The molecule has 2 fully saturated rings. The van der Waals surface area contributed by atoms with Gasteiger partial charge in [-0.05, 0) is 68.9 Å². The van der Waals surface area contributed by atoms with Crippen molar-refractivity contribution >= 4 is 40.2 Å². The number of ether oxygens (including phenoxy) is 2. The van der Waals surface area contributed by atoms with Gasteiger partial charge in [0.25, 0.3) is 0 Å². The number of aliphatic hydroxyl groups is 1. The lowest BCUT2D eigenvalue weighted by atomic mass is 9.87. The van der Waals surface area contributed by atoms with E-state index in [1.165, 1.54) is 5.56 Å². The van der Waals surface area contributed by atoms with Gasteiger partial charge in [-0.2, -0.15) is 5.10 Å². The average Bonchev–Trinajstić information content (AvgIpc) is 3.14. The Morgan fingerprint density at radius 3 is 2.72 bits per heavy atom. The summed E-state index contributed by atoms with van der Waals surface area (Å²) in [6.45, 7) is 8.99. The van der Waals surface area contributed by atoms with Gasteiger partial charge in [-0.1, -0.05) is 11.8 Å². The number of nitrogens with zero attached hydrogens (tertiary/aromatic N) is 5. The molecule has 1 aliphatic carbocycles. The van der Waals surface area contributed by atoms with Crippen molar-refractivity contribution in [1.29, 1.82) is 0 Å². The Bertz CT molecular complexity index is 1040. The van der Waals surface area contributed by atoms with E-state index in [4.69, 9.17) is 24.5 Å². The largest absolute Gasteiger partial charge is 0.386 e. The predicted octanol–water partition coefficient (Wildman–Crippen LogP) is 3.59. The van der Waals surface area contributed by atoms with E-state index in [2.05, 4.69) is 46.0 Å². The van der Waals surface area contributed by atoms with Gasteiger partial charge in [0.05, 0.1) is 31.0 Å². The highest BCUT2D eigenvalue weighted by molar-refractivity contribution is 14.1. The maximum atomic E-state index is 10.8. The fourth-order valence-corrected chi connectivity index (χ4v) is 6.68. The van der Waals surface area contributed by atoms with Crippen LogP contribution in [0.4, 0.5) is 5.82 Å².